The number of anilines is 1. The standard InChI is InChI=1S/C13H20IN3O/c1-2-18-8-7-10-16-12(9-5-3-4-6-9)11(14)13(15)17-10/h9H,2-8H2,1H3,(H2,15,16,17). The summed E-state index contributed by atoms with van der Waals surface area (Å²) in [6.45, 7) is 3.39. The molecule has 0 spiro atoms. The Hall–Kier alpha value is -0.430. The highest BCUT2D eigenvalue weighted by Crippen LogP contribution is 2.36. The van der Waals surface area contributed by atoms with E-state index in [4.69, 9.17) is 15.5 Å². The Labute approximate surface area is 122 Å². The SMILES string of the molecule is CCOCCc1nc(N)c(I)c(C2CCCC2)n1. The van der Waals surface area contributed by atoms with Gasteiger partial charge in [0.15, 0.2) is 0 Å². The molecule has 1 aliphatic carbocycles. The molecule has 1 aromatic heterocycles. The van der Waals surface area contributed by atoms with Crippen molar-refractivity contribution in [2.24, 2.45) is 0 Å². The lowest BCUT2D eigenvalue weighted by atomic mass is 10.0. The lowest BCUT2D eigenvalue weighted by Gasteiger charge is -2.13. The van der Waals surface area contributed by atoms with Crippen LogP contribution >= 0.6 is 22.6 Å². The molecule has 2 rings (SSSR count). The van der Waals surface area contributed by atoms with Gasteiger partial charge in [-0.25, -0.2) is 9.97 Å². The van der Waals surface area contributed by atoms with Gasteiger partial charge in [0.05, 0.1) is 15.9 Å². The molecule has 0 saturated heterocycles. The van der Waals surface area contributed by atoms with Gasteiger partial charge in [-0.2, -0.15) is 0 Å². The van der Waals surface area contributed by atoms with Crippen LogP contribution in [-0.4, -0.2) is 23.2 Å². The van der Waals surface area contributed by atoms with E-state index >= 15 is 0 Å². The Balaban J connectivity index is 2.16. The van der Waals surface area contributed by atoms with Crippen molar-refractivity contribution in [2.45, 2.75) is 44.9 Å². The van der Waals surface area contributed by atoms with Crippen LogP contribution < -0.4 is 5.73 Å². The van der Waals surface area contributed by atoms with Crippen LogP contribution in [0.1, 0.15) is 50.0 Å². The van der Waals surface area contributed by atoms with Crippen molar-refractivity contribution in [3.05, 3.63) is 15.1 Å². The van der Waals surface area contributed by atoms with Crippen LogP contribution in [0.25, 0.3) is 0 Å². The van der Waals surface area contributed by atoms with Crippen molar-refractivity contribution < 1.29 is 4.74 Å². The van der Waals surface area contributed by atoms with Gasteiger partial charge in [-0.1, -0.05) is 12.8 Å². The summed E-state index contributed by atoms with van der Waals surface area (Å²) in [6, 6.07) is 0. The summed E-state index contributed by atoms with van der Waals surface area (Å²) < 4.78 is 6.39. The first kappa shape index (κ1) is 14.0. The van der Waals surface area contributed by atoms with Gasteiger partial charge in [0.2, 0.25) is 0 Å². The maximum Gasteiger partial charge on any atom is 0.140 e. The highest BCUT2D eigenvalue weighted by Gasteiger charge is 2.23. The summed E-state index contributed by atoms with van der Waals surface area (Å²) in [5.41, 5.74) is 7.15. The molecule has 0 aliphatic heterocycles. The normalized spacial score (nSPS) is 16.3. The van der Waals surface area contributed by atoms with Gasteiger partial charge < -0.3 is 10.5 Å². The zero-order valence-corrected chi connectivity index (χ0v) is 12.9. The van der Waals surface area contributed by atoms with Crippen molar-refractivity contribution in [3.8, 4) is 0 Å². The van der Waals surface area contributed by atoms with Gasteiger partial charge in [-0.3, -0.25) is 0 Å². The third-order valence-corrected chi connectivity index (χ3v) is 4.47. The van der Waals surface area contributed by atoms with Crippen LogP contribution in [0.2, 0.25) is 0 Å². The molecule has 5 heteroatoms. The minimum absolute atomic E-state index is 0.577. The molecule has 1 saturated carbocycles. The number of hydrogen-bond donors (Lipinski definition) is 1. The third-order valence-electron chi connectivity index (χ3n) is 3.36. The fourth-order valence-electron chi connectivity index (χ4n) is 2.42. The van der Waals surface area contributed by atoms with E-state index < -0.39 is 0 Å². The first-order chi connectivity index (χ1) is 8.72. The van der Waals surface area contributed by atoms with E-state index in [1.807, 2.05) is 6.92 Å². The minimum Gasteiger partial charge on any atom is -0.383 e. The van der Waals surface area contributed by atoms with Crippen LogP contribution in [0.3, 0.4) is 0 Å². The van der Waals surface area contributed by atoms with E-state index in [2.05, 4.69) is 27.6 Å². The number of hydrogen-bond acceptors (Lipinski definition) is 4. The highest BCUT2D eigenvalue weighted by molar-refractivity contribution is 14.1. The molecule has 1 fully saturated rings. The zero-order chi connectivity index (χ0) is 13.0. The van der Waals surface area contributed by atoms with E-state index in [0.717, 1.165) is 28.1 Å². The third kappa shape index (κ3) is 3.32. The van der Waals surface area contributed by atoms with E-state index in [1.54, 1.807) is 0 Å². The average Bonchev–Trinajstić information content (AvgIpc) is 2.87. The van der Waals surface area contributed by atoms with Crippen molar-refractivity contribution in [1.82, 2.24) is 9.97 Å². The fourth-order valence-corrected chi connectivity index (χ4v) is 3.10. The summed E-state index contributed by atoms with van der Waals surface area (Å²) in [4.78, 5) is 9.06. The number of aromatic nitrogens is 2. The second-order valence-corrected chi connectivity index (χ2v) is 5.73. The number of nitrogens with zero attached hydrogens (tertiary/aromatic N) is 2. The lowest BCUT2D eigenvalue weighted by Crippen LogP contribution is -2.11. The summed E-state index contributed by atoms with van der Waals surface area (Å²) in [5, 5.41) is 0. The van der Waals surface area contributed by atoms with E-state index in [-0.39, 0.29) is 0 Å². The van der Waals surface area contributed by atoms with Gasteiger partial charge in [0.1, 0.15) is 11.6 Å². The second kappa shape index (κ2) is 6.65. The van der Waals surface area contributed by atoms with Crippen molar-refractivity contribution in [2.75, 3.05) is 18.9 Å². The molecule has 0 unspecified atom stereocenters. The molecule has 2 N–H and O–H groups in total. The van der Waals surface area contributed by atoms with Gasteiger partial charge in [0, 0.05) is 18.9 Å². The number of nitrogen functional groups attached to an aromatic ring is 1. The Kier molecular flexibility index (Phi) is 5.17. The van der Waals surface area contributed by atoms with Crippen molar-refractivity contribution in [3.63, 3.8) is 0 Å². The number of rotatable bonds is 5. The Bertz CT molecular complexity index is 405. The zero-order valence-electron chi connectivity index (χ0n) is 10.8. The molecule has 1 heterocycles. The van der Waals surface area contributed by atoms with Crippen LogP contribution in [0, 0.1) is 3.57 Å². The summed E-state index contributed by atoms with van der Waals surface area (Å²) in [7, 11) is 0. The predicted octanol–water partition coefficient (Wildman–Crippen LogP) is 2.90. The summed E-state index contributed by atoms with van der Waals surface area (Å²) in [5.74, 6) is 2.02. The molecule has 0 radical (unpaired) electrons. The molecule has 18 heavy (non-hydrogen) atoms. The van der Waals surface area contributed by atoms with Gasteiger partial charge >= 0.3 is 0 Å². The second-order valence-electron chi connectivity index (χ2n) is 4.65. The van der Waals surface area contributed by atoms with Crippen LogP contribution in [0.15, 0.2) is 0 Å². The quantitative estimate of drug-likeness (QED) is 0.647. The van der Waals surface area contributed by atoms with Gasteiger partial charge in [-0.15, -0.1) is 0 Å². The van der Waals surface area contributed by atoms with Crippen molar-refractivity contribution >= 4 is 28.4 Å². The van der Waals surface area contributed by atoms with E-state index in [9.17, 15) is 0 Å². The molecule has 0 bridgehead atoms. The first-order valence-electron chi connectivity index (χ1n) is 6.62. The average molecular weight is 361 g/mol. The van der Waals surface area contributed by atoms with Crippen LogP contribution in [0.4, 0.5) is 5.82 Å². The molecule has 0 atom stereocenters. The molecular formula is C13H20IN3O. The summed E-state index contributed by atoms with van der Waals surface area (Å²) >= 11 is 2.28. The molecule has 0 amide bonds. The van der Waals surface area contributed by atoms with Crippen LogP contribution in [-0.2, 0) is 11.2 Å². The Morgan fingerprint density at radius 1 is 1.33 bits per heavy atom. The lowest BCUT2D eigenvalue weighted by molar-refractivity contribution is 0.149. The highest BCUT2D eigenvalue weighted by atomic mass is 127. The van der Waals surface area contributed by atoms with E-state index in [0.29, 0.717) is 18.3 Å². The Morgan fingerprint density at radius 2 is 2.06 bits per heavy atom. The molecule has 100 valence electrons. The Morgan fingerprint density at radius 3 is 2.72 bits per heavy atom. The monoisotopic (exact) mass is 361 g/mol. The fraction of sp³-hybridized carbons (Fsp3) is 0.692. The largest absolute Gasteiger partial charge is 0.383 e. The molecule has 1 aliphatic rings. The number of nitrogens with two attached hydrogens (primary N) is 1. The molecule has 4 nitrogen and oxygen atoms in total. The topological polar surface area (TPSA) is 61.0 Å². The minimum atomic E-state index is 0.577. The molecular weight excluding hydrogens is 341 g/mol. The van der Waals surface area contributed by atoms with Crippen molar-refractivity contribution in [1.29, 1.82) is 0 Å². The number of halogens is 1. The van der Waals surface area contributed by atoms with Gasteiger partial charge in [-0.05, 0) is 42.4 Å². The van der Waals surface area contributed by atoms with E-state index in [1.165, 1.54) is 25.7 Å². The van der Waals surface area contributed by atoms with Crippen LogP contribution in [0.5, 0.6) is 0 Å². The maximum absolute atomic E-state index is 5.99. The van der Waals surface area contributed by atoms with Gasteiger partial charge in [0.25, 0.3) is 0 Å². The smallest absolute Gasteiger partial charge is 0.140 e. The molecule has 1 aromatic rings. The summed E-state index contributed by atoms with van der Waals surface area (Å²) in [6.07, 6.45) is 5.82. The maximum atomic E-state index is 5.99. The number of ether oxygens (including phenoxy) is 1. The molecule has 0 aromatic carbocycles. The first-order valence-corrected chi connectivity index (χ1v) is 7.69. The predicted molar refractivity (Wildman–Crippen MR) is 80.6 cm³/mol.